The summed E-state index contributed by atoms with van der Waals surface area (Å²) in [6.45, 7) is 9.15. The van der Waals surface area contributed by atoms with Crippen LogP contribution in [-0.4, -0.2) is 64.8 Å². The summed E-state index contributed by atoms with van der Waals surface area (Å²) in [5.74, 6) is -0.289. The Morgan fingerprint density at radius 1 is 1.04 bits per heavy atom. The molecule has 8 nitrogen and oxygen atoms in total. The van der Waals surface area contributed by atoms with Gasteiger partial charge in [0.2, 0.25) is 5.91 Å². The number of methoxy groups -OCH3 is 1. The fourth-order valence-electron chi connectivity index (χ4n) is 6.86. The Balaban J connectivity index is 1.32. The second kappa shape index (κ2) is 14.2. The molecule has 0 unspecified atom stereocenters. The maximum Gasteiger partial charge on any atom is 0.410 e. The van der Waals surface area contributed by atoms with Crippen LogP contribution in [-0.2, 0) is 33.9 Å². The highest BCUT2D eigenvalue weighted by Crippen LogP contribution is 2.40. The van der Waals surface area contributed by atoms with Crippen LogP contribution in [0.3, 0.4) is 0 Å². The Bertz CT molecular complexity index is 1700. The van der Waals surface area contributed by atoms with Crippen molar-refractivity contribution < 1.29 is 19.1 Å². The molecular weight excluding hydrogens is 609 g/mol. The lowest BCUT2D eigenvalue weighted by Crippen LogP contribution is -2.51. The summed E-state index contributed by atoms with van der Waals surface area (Å²) >= 11 is 1.67. The highest BCUT2D eigenvalue weighted by molar-refractivity contribution is 7.10. The van der Waals surface area contributed by atoms with Crippen molar-refractivity contribution in [2.75, 3.05) is 26.8 Å². The van der Waals surface area contributed by atoms with Gasteiger partial charge in [0.1, 0.15) is 5.60 Å². The van der Waals surface area contributed by atoms with Crippen molar-refractivity contribution in [2.45, 2.75) is 83.6 Å². The Hall–Kier alpha value is -3.66. The van der Waals surface area contributed by atoms with E-state index in [0.29, 0.717) is 39.2 Å². The first-order chi connectivity index (χ1) is 22.6. The van der Waals surface area contributed by atoms with E-state index in [4.69, 9.17) is 15.2 Å². The summed E-state index contributed by atoms with van der Waals surface area (Å²) in [6, 6.07) is 19.4. The number of aromatic nitrogens is 1. The molecule has 1 aliphatic heterocycles. The van der Waals surface area contributed by atoms with Gasteiger partial charge in [0.05, 0.1) is 5.92 Å². The average Bonchev–Trinajstić information content (AvgIpc) is 3.68. The molecule has 2 amide bonds. The number of carbonyl (C=O) groups excluding carboxylic acids is 2. The van der Waals surface area contributed by atoms with E-state index in [-0.39, 0.29) is 29.9 Å². The standard InChI is InChI=1S/C38H48N4O4S/c1-38(2,3)46-37(44)41-17-15-32(27-10-7-9-26(19-27)28-20-31(21-39)47-25-28)34(24-41)36(43)42(30-13-14-30)23-29-22-40(16-8-18-45-4)35-12-6-5-11-33(29)35/h5-7,9-12,19-20,22,25,30,32,34H,8,13-18,21,23-24,39H2,1-4H3/t32-,34+/m1/s1. The van der Waals surface area contributed by atoms with E-state index >= 15 is 0 Å². The molecule has 250 valence electrons. The molecule has 9 heteroatoms. The van der Waals surface area contributed by atoms with Gasteiger partial charge in [-0.25, -0.2) is 4.79 Å². The maximum absolute atomic E-state index is 14.9. The van der Waals surface area contributed by atoms with E-state index in [1.807, 2.05) is 20.8 Å². The van der Waals surface area contributed by atoms with Crippen molar-refractivity contribution in [1.29, 1.82) is 0 Å². The highest BCUT2D eigenvalue weighted by Gasteiger charge is 2.43. The van der Waals surface area contributed by atoms with Gasteiger partial charge in [0, 0.05) is 74.5 Å². The molecule has 2 aromatic carbocycles. The molecule has 6 rings (SSSR count). The van der Waals surface area contributed by atoms with E-state index in [1.54, 1.807) is 23.3 Å². The van der Waals surface area contributed by atoms with E-state index in [9.17, 15) is 9.59 Å². The monoisotopic (exact) mass is 656 g/mol. The van der Waals surface area contributed by atoms with Crippen molar-refractivity contribution in [3.63, 3.8) is 0 Å². The normalized spacial score (nSPS) is 18.4. The number of para-hydroxylation sites is 1. The summed E-state index contributed by atoms with van der Waals surface area (Å²) in [7, 11) is 1.73. The molecule has 0 spiro atoms. The number of hydrogen-bond donors (Lipinski definition) is 1. The number of hydrogen-bond acceptors (Lipinski definition) is 6. The average molecular weight is 657 g/mol. The number of piperidine rings is 1. The Kier molecular flexibility index (Phi) is 10.1. The Morgan fingerprint density at radius 3 is 2.57 bits per heavy atom. The second-order valence-corrected chi connectivity index (χ2v) is 15.0. The molecule has 2 N–H and O–H groups in total. The first kappa shape index (κ1) is 33.2. The molecule has 1 saturated heterocycles. The third kappa shape index (κ3) is 7.74. The number of thiophene rings is 1. The number of amides is 2. The second-order valence-electron chi connectivity index (χ2n) is 14.0. The minimum atomic E-state index is -0.609. The largest absolute Gasteiger partial charge is 0.444 e. The number of fused-ring (bicyclic) bond motifs is 1. The molecule has 47 heavy (non-hydrogen) atoms. The van der Waals surface area contributed by atoms with Crippen molar-refractivity contribution in [3.8, 4) is 11.1 Å². The zero-order chi connectivity index (χ0) is 33.1. The third-order valence-corrected chi connectivity index (χ3v) is 10.3. The lowest BCUT2D eigenvalue weighted by Gasteiger charge is -2.40. The van der Waals surface area contributed by atoms with Gasteiger partial charge < -0.3 is 29.6 Å². The SMILES string of the molecule is COCCCn1cc(CN(C(=O)[C@H]2CN(C(=O)OC(C)(C)C)CC[C@@H]2c2cccc(-c3csc(CN)c3)c2)C2CC2)c2ccccc21. The first-order valence-corrected chi connectivity index (χ1v) is 17.7. The first-order valence-electron chi connectivity index (χ1n) is 16.9. The molecule has 2 aliphatic rings. The zero-order valence-electron chi connectivity index (χ0n) is 28.1. The third-order valence-electron chi connectivity index (χ3n) is 9.31. The van der Waals surface area contributed by atoms with E-state index in [0.717, 1.165) is 52.9 Å². The Labute approximate surface area is 282 Å². The lowest BCUT2D eigenvalue weighted by atomic mass is 9.79. The summed E-state index contributed by atoms with van der Waals surface area (Å²) < 4.78 is 13.4. The van der Waals surface area contributed by atoms with Crippen LogP contribution in [0.15, 0.2) is 66.2 Å². The van der Waals surface area contributed by atoms with Crippen LogP contribution in [0.5, 0.6) is 0 Å². The van der Waals surface area contributed by atoms with Crippen molar-refractivity contribution in [2.24, 2.45) is 11.7 Å². The highest BCUT2D eigenvalue weighted by atomic mass is 32.1. The summed E-state index contributed by atoms with van der Waals surface area (Å²) in [4.78, 5) is 33.2. The number of carbonyl (C=O) groups is 2. The van der Waals surface area contributed by atoms with Gasteiger partial charge in [-0.15, -0.1) is 11.3 Å². The fraction of sp³-hybridized carbons (Fsp3) is 0.474. The molecule has 0 radical (unpaired) electrons. The van der Waals surface area contributed by atoms with E-state index in [1.165, 1.54) is 10.9 Å². The minimum Gasteiger partial charge on any atom is -0.444 e. The van der Waals surface area contributed by atoms with Crippen LogP contribution in [0.1, 0.15) is 68.4 Å². The molecule has 2 atom stereocenters. The summed E-state index contributed by atoms with van der Waals surface area (Å²) in [5, 5.41) is 3.33. The number of aryl methyl sites for hydroxylation is 1. The van der Waals surface area contributed by atoms with E-state index in [2.05, 4.69) is 75.6 Å². The molecule has 2 aromatic heterocycles. The number of rotatable bonds is 11. The summed E-state index contributed by atoms with van der Waals surface area (Å²) in [5.41, 5.74) is 11.0. The quantitative estimate of drug-likeness (QED) is 0.170. The van der Waals surface area contributed by atoms with Crippen LogP contribution >= 0.6 is 11.3 Å². The maximum atomic E-state index is 14.9. The predicted molar refractivity (Wildman–Crippen MR) is 188 cm³/mol. The minimum absolute atomic E-state index is 0.0228. The van der Waals surface area contributed by atoms with Gasteiger partial charge in [-0.2, -0.15) is 0 Å². The van der Waals surface area contributed by atoms with Crippen molar-refractivity contribution in [3.05, 3.63) is 82.2 Å². The molecular formula is C38H48N4O4S. The number of ether oxygens (including phenoxy) is 2. The van der Waals surface area contributed by atoms with Gasteiger partial charge in [0.25, 0.3) is 0 Å². The summed E-state index contributed by atoms with van der Waals surface area (Å²) in [6.07, 6.45) is 5.47. The topological polar surface area (TPSA) is 90.0 Å². The number of nitrogens with two attached hydrogens (primary N) is 1. The zero-order valence-corrected chi connectivity index (χ0v) is 28.9. The van der Waals surface area contributed by atoms with Gasteiger partial charge in [-0.05, 0) is 92.1 Å². The number of likely N-dealkylation sites (tertiary alicyclic amines) is 1. The lowest BCUT2D eigenvalue weighted by molar-refractivity contribution is -0.139. The number of benzene rings is 2. The molecule has 3 heterocycles. The van der Waals surface area contributed by atoms with Crippen LogP contribution in [0.2, 0.25) is 0 Å². The molecule has 2 fully saturated rings. The van der Waals surface area contributed by atoms with E-state index < -0.39 is 5.60 Å². The molecule has 0 bridgehead atoms. The fourth-order valence-corrected chi connectivity index (χ4v) is 7.64. The van der Waals surface area contributed by atoms with Gasteiger partial charge in [-0.1, -0.05) is 42.5 Å². The van der Waals surface area contributed by atoms with Gasteiger partial charge in [0.15, 0.2) is 0 Å². The van der Waals surface area contributed by atoms with Crippen LogP contribution < -0.4 is 5.73 Å². The van der Waals surface area contributed by atoms with Crippen LogP contribution in [0.4, 0.5) is 4.79 Å². The van der Waals surface area contributed by atoms with Crippen LogP contribution in [0.25, 0.3) is 22.0 Å². The Morgan fingerprint density at radius 2 is 1.85 bits per heavy atom. The van der Waals surface area contributed by atoms with Crippen molar-refractivity contribution in [1.82, 2.24) is 14.4 Å². The smallest absolute Gasteiger partial charge is 0.410 e. The predicted octanol–water partition coefficient (Wildman–Crippen LogP) is 7.40. The van der Waals surface area contributed by atoms with Crippen molar-refractivity contribution >= 4 is 34.2 Å². The molecule has 1 aliphatic carbocycles. The van der Waals surface area contributed by atoms with Gasteiger partial charge >= 0.3 is 6.09 Å². The molecule has 4 aromatic rings. The van der Waals surface area contributed by atoms with Gasteiger partial charge in [-0.3, -0.25) is 4.79 Å². The number of nitrogens with zero attached hydrogens (tertiary/aromatic N) is 3. The van der Waals surface area contributed by atoms with Crippen LogP contribution in [0, 0.1) is 5.92 Å². The molecule has 1 saturated carbocycles.